The SMILES string of the molecule is N#Cc1c(C(N)=O)sc2c1CCCC2.NCc1cccc(C(=O)N(CC(=O)O)c2csc(Cc3ccccc3)n2)c1.O=C(O)C(F)(F)F. The summed E-state index contributed by atoms with van der Waals surface area (Å²) in [5.74, 6) is -4.40. The molecule has 0 atom stereocenters. The fraction of sp³-hybridized carbons (Fsp3) is 0.250. The van der Waals surface area contributed by atoms with Gasteiger partial charge in [0.25, 0.3) is 11.8 Å². The van der Waals surface area contributed by atoms with E-state index in [1.165, 1.54) is 32.5 Å². The van der Waals surface area contributed by atoms with E-state index in [4.69, 9.17) is 26.6 Å². The van der Waals surface area contributed by atoms with Gasteiger partial charge in [0.05, 0.1) is 10.6 Å². The Hall–Kier alpha value is -5.11. The van der Waals surface area contributed by atoms with E-state index >= 15 is 0 Å². The molecule has 48 heavy (non-hydrogen) atoms. The van der Waals surface area contributed by atoms with Crippen molar-refractivity contribution in [3.05, 3.63) is 103 Å². The third-order valence-electron chi connectivity index (χ3n) is 6.71. The van der Waals surface area contributed by atoms with Crippen LogP contribution in [0, 0.1) is 11.3 Å². The van der Waals surface area contributed by atoms with Crippen LogP contribution in [0.15, 0.2) is 60.0 Å². The number of carboxylic acid groups (broad SMARTS) is 2. The van der Waals surface area contributed by atoms with Gasteiger partial charge in [0.1, 0.15) is 23.3 Å². The fourth-order valence-electron chi connectivity index (χ4n) is 4.51. The Balaban J connectivity index is 0.000000246. The Bertz CT molecular complexity index is 1800. The number of nitrogens with two attached hydrogens (primary N) is 2. The lowest BCUT2D eigenvalue weighted by Crippen LogP contribution is -2.36. The van der Waals surface area contributed by atoms with Crippen LogP contribution < -0.4 is 16.4 Å². The highest BCUT2D eigenvalue weighted by atomic mass is 32.1. The number of benzene rings is 2. The first-order valence-corrected chi connectivity index (χ1v) is 15.9. The Morgan fingerprint density at radius 3 is 2.23 bits per heavy atom. The zero-order valence-corrected chi connectivity index (χ0v) is 26.8. The first-order chi connectivity index (χ1) is 22.7. The average molecular weight is 702 g/mol. The maximum Gasteiger partial charge on any atom is 0.490 e. The molecule has 0 saturated heterocycles. The van der Waals surface area contributed by atoms with Gasteiger partial charge in [-0.25, -0.2) is 9.78 Å². The summed E-state index contributed by atoms with van der Waals surface area (Å²) in [5.41, 5.74) is 14.7. The van der Waals surface area contributed by atoms with Gasteiger partial charge >= 0.3 is 18.1 Å². The van der Waals surface area contributed by atoms with Crippen molar-refractivity contribution in [2.75, 3.05) is 11.4 Å². The lowest BCUT2D eigenvalue weighted by molar-refractivity contribution is -0.192. The summed E-state index contributed by atoms with van der Waals surface area (Å²) >= 11 is 2.80. The molecule has 1 aliphatic carbocycles. The van der Waals surface area contributed by atoms with E-state index in [0.29, 0.717) is 34.8 Å². The Kier molecular flexibility index (Phi) is 13.4. The topological polar surface area (TPSA) is 201 Å². The molecule has 4 aromatic rings. The number of amides is 2. The zero-order valence-electron chi connectivity index (χ0n) is 25.2. The fourth-order valence-corrected chi connectivity index (χ4v) is 6.52. The normalized spacial score (nSPS) is 11.8. The largest absolute Gasteiger partial charge is 0.490 e. The summed E-state index contributed by atoms with van der Waals surface area (Å²) in [7, 11) is 0. The lowest BCUT2D eigenvalue weighted by Gasteiger charge is -2.18. The molecule has 1 aliphatic rings. The number of carboxylic acids is 2. The van der Waals surface area contributed by atoms with Crippen LogP contribution in [0.1, 0.15) is 65.0 Å². The number of hydrogen-bond donors (Lipinski definition) is 4. The number of aliphatic carboxylic acids is 2. The standard InChI is InChI=1S/C20H19N3O3S.C10H10N2OS.C2HF3O2/c21-11-15-7-4-8-16(9-15)20(26)23(12-19(24)25)17-13-27-18(22-17)10-14-5-2-1-3-6-14;11-5-7-6-3-1-2-4-8(6)14-9(7)10(12)13;3-2(4,5)1(6)7/h1-9,13H,10-12,21H2,(H,24,25);1-4H2,(H2,12,13);(H,6,7). The number of halogens is 3. The van der Waals surface area contributed by atoms with Gasteiger partial charge in [0.15, 0.2) is 0 Å². The second kappa shape index (κ2) is 17.2. The number of primary amides is 1. The van der Waals surface area contributed by atoms with Crippen molar-refractivity contribution < 1.29 is 42.6 Å². The van der Waals surface area contributed by atoms with E-state index in [1.807, 2.05) is 36.4 Å². The van der Waals surface area contributed by atoms with E-state index in [9.17, 15) is 32.7 Å². The molecule has 6 N–H and O–H groups in total. The van der Waals surface area contributed by atoms with Crippen LogP contribution in [-0.2, 0) is 35.4 Å². The maximum atomic E-state index is 12.9. The molecule has 2 aromatic heterocycles. The third-order valence-corrected chi connectivity index (χ3v) is 8.85. The predicted molar refractivity (Wildman–Crippen MR) is 173 cm³/mol. The number of anilines is 1. The van der Waals surface area contributed by atoms with Crippen molar-refractivity contribution in [2.45, 2.75) is 44.8 Å². The highest BCUT2D eigenvalue weighted by molar-refractivity contribution is 7.14. The molecule has 2 aromatic carbocycles. The smallest absolute Gasteiger partial charge is 0.480 e. The third kappa shape index (κ3) is 10.5. The average Bonchev–Trinajstić information content (AvgIpc) is 3.68. The van der Waals surface area contributed by atoms with Crippen LogP contribution in [0.25, 0.3) is 0 Å². The quantitative estimate of drug-likeness (QED) is 0.192. The van der Waals surface area contributed by atoms with Crippen LogP contribution in [0.4, 0.5) is 19.0 Å². The summed E-state index contributed by atoms with van der Waals surface area (Å²) in [6.45, 7) is -0.155. The number of fused-ring (bicyclic) bond motifs is 1. The number of nitriles is 1. The molecule has 0 unspecified atom stereocenters. The first kappa shape index (κ1) is 37.3. The van der Waals surface area contributed by atoms with Crippen molar-refractivity contribution in [2.24, 2.45) is 11.5 Å². The van der Waals surface area contributed by atoms with Gasteiger partial charge in [-0.15, -0.1) is 22.7 Å². The molecule has 16 heteroatoms. The van der Waals surface area contributed by atoms with Crippen LogP contribution >= 0.6 is 22.7 Å². The van der Waals surface area contributed by atoms with Gasteiger partial charge in [-0.3, -0.25) is 19.3 Å². The summed E-state index contributed by atoms with van der Waals surface area (Å²) in [5, 5.41) is 27.9. The molecule has 0 spiro atoms. The predicted octanol–water partition coefficient (Wildman–Crippen LogP) is 5.15. The van der Waals surface area contributed by atoms with E-state index in [2.05, 4.69) is 11.1 Å². The zero-order chi connectivity index (χ0) is 35.4. The Morgan fingerprint density at radius 2 is 1.65 bits per heavy atom. The maximum absolute atomic E-state index is 12.9. The number of aromatic nitrogens is 1. The number of carbonyl (C=O) groups is 4. The monoisotopic (exact) mass is 701 g/mol. The highest BCUT2D eigenvalue weighted by Crippen LogP contribution is 2.33. The van der Waals surface area contributed by atoms with Crippen molar-refractivity contribution in [1.29, 1.82) is 5.26 Å². The van der Waals surface area contributed by atoms with Crippen molar-refractivity contribution in [1.82, 2.24) is 4.98 Å². The number of hydrogen-bond acceptors (Lipinski definition) is 9. The van der Waals surface area contributed by atoms with Crippen LogP contribution in [-0.4, -0.2) is 51.7 Å². The second-order valence-corrected chi connectivity index (χ2v) is 12.2. The molecule has 0 saturated carbocycles. The molecule has 0 radical (unpaired) electrons. The molecule has 0 aliphatic heterocycles. The van der Waals surface area contributed by atoms with Crippen molar-refractivity contribution >= 4 is 52.2 Å². The van der Waals surface area contributed by atoms with Crippen LogP contribution in [0.2, 0.25) is 0 Å². The summed E-state index contributed by atoms with van der Waals surface area (Å²) in [6.07, 6.45) is -0.291. The minimum Gasteiger partial charge on any atom is -0.480 e. The number of aryl methyl sites for hydroxylation is 1. The van der Waals surface area contributed by atoms with Crippen molar-refractivity contribution in [3.8, 4) is 6.07 Å². The Labute approximate surface area is 280 Å². The summed E-state index contributed by atoms with van der Waals surface area (Å²) < 4.78 is 31.7. The second-order valence-electron chi connectivity index (χ2n) is 10.1. The number of rotatable bonds is 8. The molecule has 2 heterocycles. The highest BCUT2D eigenvalue weighted by Gasteiger charge is 2.38. The molecule has 252 valence electrons. The van der Waals surface area contributed by atoms with Gasteiger partial charge < -0.3 is 21.7 Å². The molecule has 0 bridgehead atoms. The van der Waals surface area contributed by atoms with Gasteiger partial charge in [-0.2, -0.15) is 18.4 Å². The number of nitrogens with zero attached hydrogens (tertiary/aromatic N) is 3. The van der Waals surface area contributed by atoms with Crippen LogP contribution in [0.5, 0.6) is 0 Å². The first-order valence-electron chi connectivity index (χ1n) is 14.2. The minimum absolute atomic E-state index is 0.304. The lowest BCUT2D eigenvalue weighted by atomic mass is 9.95. The molecule has 5 rings (SSSR count). The molecule has 0 fully saturated rings. The number of thiophene rings is 1. The number of thiazole rings is 1. The van der Waals surface area contributed by atoms with Crippen LogP contribution in [0.3, 0.4) is 0 Å². The van der Waals surface area contributed by atoms with Gasteiger partial charge in [0, 0.05) is 28.8 Å². The van der Waals surface area contributed by atoms with E-state index in [0.717, 1.165) is 47.4 Å². The van der Waals surface area contributed by atoms with Gasteiger partial charge in [-0.05, 0) is 54.5 Å². The molecular weight excluding hydrogens is 672 g/mol. The summed E-state index contributed by atoms with van der Waals surface area (Å²) in [6, 6.07) is 18.8. The van der Waals surface area contributed by atoms with E-state index < -0.39 is 36.5 Å². The summed E-state index contributed by atoms with van der Waals surface area (Å²) in [4.78, 5) is 51.5. The van der Waals surface area contributed by atoms with Gasteiger partial charge in [-0.1, -0.05) is 42.5 Å². The molecule has 11 nitrogen and oxygen atoms in total. The van der Waals surface area contributed by atoms with E-state index in [-0.39, 0.29) is 0 Å². The molecular formula is C32H30F3N5O6S2. The van der Waals surface area contributed by atoms with Crippen molar-refractivity contribution in [3.63, 3.8) is 0 Å². The van der Waals surface area contributed by atoms with E-state index in [1.54, 1.807) is 23.6 Å². The number of alkyl halides is 3. The Morgan fingerprint density at radius 1 is 1.00 bits per heavy atom. The van der Waals surface area contributed by atoms with Gasteiger partial charge in [0.2, 0.25) is 0 Å². The molecule has 2 amide bonds. The minimum atomic E-state index is -5.08. The number of carbonyl (C=O) groups excluding carboxylic acids is 2.